The van der Waals surface area contributed by atoms with Gasteiger partial charge in [0, 0.05) is 44.3 Å². The average Bonchev–Trinajstić information content (AvgIpc) is 3.62. The Balaban J connectivity index is 1.41. The molecule has 0 spiro atoms. The first-order chi connectivity index (χ1) is 22.4. The molecule has 0 N–H and O–H groups in total. The first-order valence-electron chi connectivity index (χ1n) is 15.4. The van der Waals surface area contributed by atoms with Crippen LogP contribution in [0.4, 0.5) is 17.1 Å². The largest absolute Gasteiger partial charge is 0.310 e. The Morgan fingerprint density at radius 3 is 1.64 bits per heavy atom. The van der Waals surface area contributed by atoms with Crippen molar-refractivity contribution >= 4 is 60.7 Å². The van der Waals surface area contributed by atoms with Gasteiger partial charge in [0.25, 0.3) is 0 Å². The van der Waals surface area contributed by atoms with E-state index in [9.17, 15) is 0 Å². The summed E-state index contributed by atoms with van der Waals surface area (Å²) < 4.78 is 4.84. The van der Waals surface area contributed by atoms with Crippen LogP contribution in [0.2, 0.25) is 0 Å². The third kappa shape index (κ3) is 3.98. The van der Waals surface area contributed by atoms with Gasteiger partial charge in [0.15, 0.2) is 0 Å². The SMILES string of the molecule is c1ccc(N(c2ccc3c(c2)c2c4ccccc4n(-c4ccccc4)c2n3-c2ccccc2)c2cccc3ccccc23)cc1. The second-order valence-electron chi connectivity index (χ2n) is 11.4. The highest BCUT2D eigenvalue weighted by Crippen LogP contribution is 2.44. The van der Waals surface area contributed by atoms with E-state index in [1.165, 1.54) is 38.0 Å². The van der Waals surface area contributed by atoms with Gasteiger partial charge < -0.3 is 4.90 Å². The summed E-state index contributed by atoms with van der Waals surface area (Å²) in [7, 11) is 0. The van der Waals surface area contributed by atoms with E-state index < -0.39 is 0 Å². The Kier molecular flexibility index (Phi) is 5.82. The summed E-state index contributed by atoms with van der Waals surface area (Å²) in [6.07, 6.45) is 0. The smallest absolute Gasteiger partial charge is 0.131 e. The molecule has 3 nitrogen and oxygen atoms in total. The van der Waals surface area contributed by atoms with Crippen molar-refractivity contribution in [3.05, 3.63) is 176 Å². The lowest BCUT2D eigenvalue weighted by Crippen LogP contribution is -2.10. The molecule has 0 aliphatic rings. The minimum atomic E-state index is 1.12. The molecule has 3 heteroatoms. The lowest BCUT2D eigenvalue weighted by molar-refractivity contribution is 1.07. The number of rotatable bonds is 5. The molecule has 7 aromatic carbocycles. The molecule has 0 aliphatic heterocycles. The molecule has 0 atom stereocenters. The zero-order chi connectivity index (χ0) is 29.7. The first kappa shape index (κ1) is 25.4. The van der Waals surface area contributed by atoms with Crippen LogP contribution in [0.15, 0.2) is 176 Å². The van der Waals surface area contributed by atoms with Crippen molar-refractivity contribution in [2.45, 2.75) is 0 Å². The minimum absolute atomic E-state index is 1.12. The second-order valence-corrected chi connectivity index (χ2v) is 11.4. The maximum Gasteiger partial charge on any atom is 0.131 e. The normalized spacial score (nSPS) is 11.6. The molecular weight excluding hydrogens is 546 g/mol. The predicted molar refractivity (Wildman–Crippen MR) is 190 cm³/mol. The summed E-state index contributed by atoms with van der Waals surface area (Å²) in [6, 6.07) is 63.1. The molecular formula is C42H29N3. The van der Waals surface area contributed by atoms with Crippen LogP contribution in [0, 0.1) is 0 Å². The molecule has 0 amide bonds. The van der Waals surface area contributed by atoms with Crippen molar-refractivity contribution in [2.75, 3.05) is 4.90 Å². The maximum absolute atomic E-state index is 2.42. The van der Waals surface area contributed by atoms with Gasteiger partial charge in [0.05, 0.1) is 16.7 Å². The Morgan fingerprint density at radius 2 is 0.933 bits per heavy atom. The van der Waals surface area contributed by atoms with Gasteiger partial charge in [-0.15, -0.1) is 0 Å². The van der Waals surface area contributed by atoms with E-state index >= 15 is 0 Å². The Labute approximate surface area is 261 Å². The van der Waals surface area contributed by atoms with Crippen molar-refractivity contribution in [3.63, 3.8) is 0 Å². The minimum Gasteiger partial charge on any atom is -0.310 e. The van der Waals surface area contributed by atoms with Crippen molar-refractivity contribution in [1.82, 2.24) is 9.13 Å². The molecule has 0 bridgehead atoms. The number of anilines is 3. The van der Waals surface area contributed by atoms with Gasteiger partial charge in [-0.25, -0.2) is 0 Å². The fraction of sp³-hybridized carbons (Fsp3) is 0. The lowest BCUT2D eigenvalue weighted by Gasteiger charge is -2.27. The maximum atomic E-state index is 2.42. The molecule has 9 aromatic rings. The zero-order valence-electron chi connectivity index (χ0n) is 24.6. The molecule has 0 unspecified atom stereocenters. The fourth-order valence-corrected chi connectivity index (χ4v) is 6.96. The highest BCUT2D eigenvalue weighted by atomic mass is 15.2. The van der Waals surface area contributed by atoms with E-state index in [2.05, 4.69) is 190 Å². The van der Waals surface area contributed by atoms with E-state index in [0.29, 0.717) is 0 Å². The highest BCUT2D eigenvalue weighted by molar-refractivity contribution is 6.23. The molecule has 0 saturated carbocycles. The lowest BCUT2D eigenvalue weighted by atomic mass is 10.1. The van der Waals surface area contributed by atoms with Crippen LogP contribution in [-0.4, -0.2) is 9.13 Å². The standard InChI is InChI=1S/C42H29N3/c1-4-17-31(18-5-1)43(38-26-14-16-30-15-10-11-23-35(30)38)34-27-28-40-37(29-34)41-36-24-12-13-25-39(36)44(32-19-6-2-7-20-32)42(41)45(40)33-21-8-3-9-22-33/h1-29H. The number of benzene rings is 7. The first-order valence-corrected chi connectivity index (χ1v) is 15.4. The summed E-state index contributed by atoms with van der Waals surface area (Å²) in [5.74, 6) is 0. The highest BCUT2D eigenvalue weighted by Gasteiger charge is 2.23. The van der Waals surface area contributed by atoms with Gasteiger partial charge in [-0.2, -0.15) is 0 Å². The summed E-state index contributed by atoms with van der Waals surface area (Å²) in [5, 5.41) is 6.15. The molecule has 0 radical (unpaired) electrons. The monoisotopic (exact) mass is 575 g/mol. The van der Waals surface area contributed by atoms with Crippen molar-refractivity contribution < 1.29 is 0 Å². The summed E-state index contributed by atoms with van der Waals surface area (Å²) in [5.41, 5.74) is 9.22. The van der Waals surface area contributed by atoms with Crippen LogP contribution in [0.25, 0.3) is 55.0 Å². The molecule has 2 aromatic heterocycles. The van der Waals surface area contributed by atoms with E-state index in [0.717, 1.165) is 34.1 Å². The Bertz CT molecular complexity index is 2470. The van der Waals surface area contributed by atoms with E-state index in [-0.39, 0.29) is 0 Å². The van der Waals surface area contributed by atoms with Crippen LogP contribution in [0.1, 0.15) is 0 Å². The average molecular weight is 576 g/mol. The quantitative estimate of drug-likeness (QED) is 0.199. The number of nitrogens with zero attached hydrogens (tertiary/aromatic N) is 3. The molecule has 0 saturated heterocycles. The van der Waals surface area contributed by atoms with Crippen LogP contribution in [0.5, 0.6) is 0 Å². The van der Waals surface area contributed by atoms with Crippen molar-refractivity contribution in [1.29, 1.82) is 0 Å². The zero-order valence-corrected chi connectivity index (χ0v) is 24.6. The summed E-state index contributed by atoms with van der Waals surface area (Å²) >= 11 is 0. The van der Waals surface area contributed by atoms with Crippen LogP contribution in [-0.2, 0) is 0 Å². The van der Waals surface area contributed by atoms with Gasteiger partial charge in [-0.05, 0) is 72.1 Å². The topological polar surface area (TPSA) is 13.1 Å². The summed E-state index contributed by atoms with van der Waals surface area (Å²) in [6.45, 7) is 0. The van der Waals surface area contributed by atoms with Crippen LogP contribution >= 0.6 is 0 Å². The van der Waals surface area contributed by atoms with E-state index in [1.807, 2.05) is 0 Å². The van der Waals surface area contributed by atoms with Gasteiger partial charge in [-0.3, -0.25) is 9.13 Å². The molecule has 2 heterocycles. The molecule has 0 fully saturated rings. The van der Waals surface area contributed by atoms with Gasteiger partial charge in [-0.1, -0.05) is 109 Å². The Morgan fingerprint density at radius 1 is 0.378 bits per heavy atom. The number of fused-ring (bicyclic) bond motifs is 6. The van der Waals surface area contributed by atoms with Crippen molar-refractivity contribution in [2.24, 2.45) is 0 Å². The van der Waals surface area contributed by atoms with Gasteiger partial charge >= 0.3 is 0 Å². The van der Waals surface area contributed by atoms with Gasteiger partial charge in [0.2, 0.25) is 0 Å². The van der Waals surface area contributed by atoms with Crippen LogP contribution < -0.4 is 4.90 Å². The fourth-order valence-electron chi connectivity index (χ4n) is 6.96. The third-order valence-electron chi connectivity index (χ3n) is 8.86. The number of hydrogen-bond donors (Lipinski definition) is 0. The van der Waals surface area contributed by atoms with Crippen LogP contribution in [0.3, 0.4) is 0 Å². The van der Waals surface area contributed by atoms with Crippen molar-refractivity contribution in [3.8, 4) is 11.4 Å². The molecule has 45 heavy (non-hydrogen) atoms. The van der Waals surface area contributed by atoms with E-state index in [4.69, 9.17) is 0 Å². The number of aromatic nitrogens is 2. The van der Waals surface area contributed by atoms with E-state index in [1.54, 1.807) is 0 Å². The predicted octanol–water partition coefficient (Wildman–Crippen LogP) is 11.4. The molecule has 0 aliphatic carbocycles. The molecule has 212 valence electrons. The van der Waals surface area contributed by atoms with Gasteiger partial charge in [0.1, 0.15) is 5.65 Å². The second kappa shape index (κ2) is 10.3. The summed E-state index contributed by atoms with van der Waals surface area (Å²) in [4.78, 5) is 2.39. The third-order valence-corrected chi connectivity index (χ3v) is 8.86. The number of hydrogen-bond acceptors (Lipinski definition) is 1. The molecule has 9 rings (SSSR count). The Hall–Kier alpha value is -6.06. The number of para-hydroxylation sites is 4.